The number of nitrogens with zero attached hydrogens (tertiary/aromatic N) is 3. The van der Waals surface area contributed by atoms with Crippen LogP contribution in [0, 0.1) is 10.1 Å². The highest BCUT2D eigenvalue weighted by Crippen LogP contribution is 2.27. The summed E-state index contributed by atoms with van der Waals surface area (Å²) < 4.78 is 5.44. The van der Waals surface area contributed by atoms with Crippen LogP contribution < -0.4 is 5.32 Å². The third kappa shape index (κ3) is 3.82. The van der Waals surface area contributed by atoms with E-state index in [1.165, 1.54) is 12.1 Å². The summed E-state index contributed by atoms with van der Waals surface area (Å²) in [6.07, 6.45) is 0. The van der Waals surface area contributed by atoms with Crippen molar-refractivity contribution in [3.63, 3.8) is 0 Å². The van der Waals surface area contributed by atoms with Crippen LogP contribution in [0.5, 0.6) is 0 Å². The molecule has 0 unspecified atom stereocenters. The third-order valence-electron chi connectivity index (χ3n) is 2.71. The number of nitro groups is 1. The normalized spacial score (nSPS) is 11.9. The Labute approximate surface area is 130 Å². The van der Waals surface area contributed by atoms with Gasteiger partial charge in [-0.15, -0.1) is 10.2 Å². The highest BCUT2D eigenvalue weighted by Gasteiger charge is 2.18. The van der Waals surface area contributed by atoms with Gasteiger partial charge in [0.25, 0.3) is 10.9 Å². The summed E-state index contributed by atoms with van der Waals surface area (Å²) in [5, 5.41) is 21.0. The Balaban J connectivity index is 2.13. The molecule has 8 nitrogen and oxygen atoms in total. The van der Waals surface area contributed by atoms with E-state index in [-0.39, 0.29) is 28.0 Å². The first kappa shape index (κ1) is 16.0. The van der Waals surface area contributed by atoms with Crippen LogP contribution in [0.25, 0.3) is 11.5 Å². The number of aromatic nitrogens is 2. The van der Waals surface area contributed by atoms with Crippen LogP contribution in [0.3, 0.4) is 0 Å². The van der Waals surface area contributed by atoms with E-state index >= 15 is 0 Å². The Kier molecular flexibility index (Phi) is 5.10. The maximum absolute atomic E-state index is 11.6. The molecule has 116 valence electrons. The molecule has 9 heteroatoms. The van der Waals surface area contributed by atoms with Crippen molar-refractivity contribution in [1.29, 1.82) is 0 Å². The number of carbonyl (C=O) groups is 1. The highest BCUT2D eigenvalue weighted by molar-refractivity contribution is 8.00. The van der Waals surface area contributed by atoms with Crippen LogP contribution in [0.2, 0.25) is 0 Å². The van der Waals surface area contributed by atoms with Gasteiger partial charge in [-0.3, -0.25) is 14.9 Å². The number of hydrogen-bond donors (Lipinski definition) is 1. The quantitative estimate of drug-likeness (QED) is 0.493. The lowest BCUT2D eigenvalue weighted by Crippen LogP contribution is -2.30. The highest BCUT2D eigenvalue weighted by atomic mass is 32.2. The predicted molar refractivity (Wildman–Crippen MR) is 80.4 cm³/mol. The van der Waals surface area contributed by atoms with Gasteiger partial charge in [0.1, 0.15) is 0 Å². The van der Waals surface area contributed by atoms with E-state index in [9.17, 15) is 14.9 Å². The third-order valence-corrected chi connectivity index (χ3v) is 3.64. The van der Waals surface area contributed by atoms with E-state index in [2.05, 4.69) is 15.5 Å². The van der Waals surface area contributed by atoms with Gasteiger partial charge in [0.2, 0.25) is 11.8 Å². The monoisotopic (exact) mass is 322 g/mol. The van der Waals surface area contributed by atoms with Crippen molar-refractivity contribution in [2.45, 2.75) is 24.3 Å². The molecule has 0 spiro atoms. The number of carbonyl (C=O) groups excluding carboxylic acids is 1. The van der Waals surface area contributed by atoms with Gasteiger partial charge in [0, 0.05) is 24.2 Å². The number of hydrogen-bond acceptors (Lipinski definition) is 7. The summed E-state index contributed by atoms with van der Waals surface area (Å²) in [5.74, 6) is 0.0527. The fourth-order valence-corrected chi connectivity index (χ4v) is 2.36. The van der Waals surface area contributed by atoms with E-state index in [1.807, 2.05) is 6.92 Å². The Morgan fingerprint density at radius 1 is 1.50 bits per heavy atom. The maximum Gasteiger partial charge on any atom is 0.277 e. The van der Waals surface area contributed by atoms with Crippen LogP contribution >= 0.6 is 11.8 Å². The first-order chi connectivity index (χ1) is 10.5. The summed E-state index contributed by atoms with van der Waals surface area (Å²) in [6, 6.07) is 5.92. The first-order valence-corrected chi connectivity index (χ1v) is 7.42. The van der Waals surface area contributed by atoms with Crippen molar-refractivity contribution in [2.24, 2.45) is 0 Å². The van der Waals surface area contributed by atoms with E-state index in [4.69, 9.17) is 4.42 Å². The zero-order valence-electron chi connectivity index (χ0n) is 12.0. The topological polar surface area (TPSA) is 111 Å². The number of thioether (sulfide) groups is 1. The van der Waals surface area contributed by atoms with Gasteiger partial charge in [-0.2, -0.15) is 0 Å². The zero-order valence-corrected chi connectivity index (χ0v) is 12.8. The van der Waals surface area contributed by atoms with Crippen molar-refractivity contribution in [2.75, 3.05) is 6.54 Å². The van der Waals surface area contributed by atoms with Crippen LogP contribution in [-0.4, -0.2) is 32.8 Å². The largest absolute Gasteiger partial charge is 0.411 e. The lowest BCUT2D eigenvalue weighted by atomic mass is 10.2. The van der Waals surface area contributed by atoms with Crippen LogP contribution in [0.15, 0.2) is 33.9 Å². The zero-order chi connectivity index (χ0) is 16.1. The van der Waals surface area contributed by atoms with E-state index < -0.39 is 4.92 Å². The molecule has 0 aliphatic heterocycles. The van der Waals surface area contributed by atoms with Gasteiger partial charge in [0.05, 0.1) is 10.2 Å². The number of nitro benzene ring substituents is 1. The summed E-state index contributed by atoms with van der Waals surface area (Å²) in [5.41, 5.74) is 0.403. The lowest BCUT2D eigenvalue weighted by molar-refractivity contribution is -0.384. The molecule has 0 aliphatic rings. The summed E-state index contributed by atoms with van der Waals surface area (Å²) in [4.78, 5) is 21.9. The van der Waals surface area contributed by atoms with Crippen LogP contribution in [0.1, 0.15) is 13.8 Å². The van der Waals surface area contributed by atoms with Crippen molar-refractivity contribution in [3.05, 3.63) is 34.4 Å². The van der Waals surface area contributed by atoms with E-state index in [0.29, 0.717) is 12.1 Å². The fraction of sp³-hybridized carbons (Fsp3) is 0.308. The number of rotatable bonds is 6. The van der Waals surface area contributed by atoms with Gasteiger partial charge in [0.15, 0.2) is 0 Å². The van der Waals surface area contributed by atoms with Crippen LogP contribution in [0.4, 0.5) is 5.69 Å². The molecule has 2 aromatic rings. The SMILES string of the molecule is CCNC(=O)[C@@H](C)Sc1nnc(-c2cccc([N+](=O)[O-])c2)o1. The molecule has 1 atom stereocenters. The molecule has 0 saturated carbocycles. The summed E-state index contributed by atoms with van der Waals surface area (Å²) in [7, 11) is 0. The molecular weight excluding hydrogens is 308 g/mol. The molecule has 0 saturated heterocycles. The molecular formula is C13H14N4O4S. The molecule has 1 N–H and O–H groups in total. The van der Waals surface area contributed by atoms with E-state index in [0.717, 1.165) is 11.8 Å². The molecule has 0 aliphatic carbocycles. The number of benzene rings is 1. The van der Waals surface area contributed by atoms with Crippen molar-refractivity contribution in [3.8, 4) is 11.5 Å². The second-order valence-electron chi connectivity index (χ2n) is 4.34. The fourth-order valence-electron chi connectivity index (χ4n) is 1.65. The number of nitrogens with one attached hydrogen (secondary N) is 1. The molecule has 1 aromatic heterocycles. The molecule has 0 bridgehead atoms. The standard InChI is InChI=1S/C13H14N4O4S/c1-3-14-11(18)8(2)22-13-16-15-12(21-13)9-5-4-6-10(7-9)17(19)20/h4-8H,3H2,1-2H3,(H,14,18)/t8-/m1/s1. The molecule has 1 amide bonds. The minimum Gasteiger partial charge on any atom is -0.411 e. The Morgan fingerprint density at radius 2 is 2.27 bits per heavy atom. The Hall–Kier alpha value is -2.42. The minimum absolute atomic E-state index is 0.0550. The first-order valence-electron chi connectivity index (χ1n) is 6.54. The van der Waals surface area contributed by atoms with E-state index in [1.54, 1.807) is 19.1 Å². The molecule has 22 heavy (non-hydrogen) atoms. The maximum atomic E-state index is 11.6. The molecule has 2 rings (SSSR count). The van der Waals surface area contributed by atoms with Crippen molar-refractivity contribution >= 4 is 23.4 Å². The summed E-state index contributed by atoms with van der Waals surface area (Å²) in [6.45, 7) is 4.11. The molecule has 1 heterocycles. The molecule has 0 radical (unpaired) electrons. The number of amides is 1. The Morgan fingerprint density at radius 3 is 2.95 bits per heavy atom. The van der Waals surface area contributed by atoms with Gasteiger partial charge in [-0.1, -0.05) is 17.8 Å². The van der Waals surface area contributed by atoms with Crippen molar-refractivity contribution < 1.29 is 14.1 Å². The second-order valence-corrected chi connectivity index (χ2v) is 5.63. The van der Waals surface area contributed by atoms with Gasteiger partial charge in [-0.25, -0.2) is 0 Å². The summed E-state index contributed by atoms with van der Waals surface area (Å²) >= 11 is 1.13. The lowest BCUT2D eigenvalue weighted by Gasteiger charge is -2.07. The molecule has 0 fully saturated rings. The molecule has 1 aromatic carbocycles. The number of non-ortho nitro benzene ring substituents is 1. The van der Waals surface area contributed by atoms with Gasteiger partial charge < -0.3 is 9.73 Å². The van der Waals surface area contributed by atoms with Crippen LogP contribution in [-0.2, 0) is 4.79 Å². The van der Waals surface area contributed by atoms with Gasteiger partial charge in [-0.05, 0) is 19.9 Å². The minimum atomic E-state index is -0.493. The van der Waals surface area contributed by atoms with Crippen molar-refractivity contribution in [1.82, 2.24) is 15.5 Å². The Bertz CT molecular complexity index is 688. The smallest absolute Gasteiger partial charge is 0.277 e. The predicted octanol–water partition coefficient (Wildman–Crippen LogP) is 2.26. The average Bonchev–Trinajstić information content (AvgIpc) is 2.96. The van der Waals surface area contributed by atoms with Gasteiger partial charge >= 0.3 is 0 Å². The average molecular weight is 322 g/mol. The second kappa shape index (κ2) is 7.03.